The largest absolute Gasteiger partial charge is 0.466 e. The standard InChI is InChI=1S/C14H29NO2/c1-4-6-7-8-9-12(3)10-13(11-15)14(16)17-5-2/h12-13H,4-11,15H2,1-3H3. The third-order valence-corrected chi connectivity index (χ3v) is 3.14. The van der Waals surface area contributed by atoms with Crippen molar-refractivity contribution in [1.29, 1.82) is 0 Å². The van der Waals surface area contributed by atoms with Crippen molar-refractivity contribution >= 4 is 5.97 Å². The maximum atomic E-state index is 11.6. The predicted molar refractivity (Wildman–Crippen MR) is 71.7 cm³/mol. The predicted octanol–water partition coefficient (Wildman–Crippen LogP) is 3.12. The Hall–Kier alpha value is -0.570. The molecule has 0 aromatic rings. The number of unbranched alkanes of at least 4 members (excludes halogenated alkanes) is 3. The van der Waals surface area contributed by atoms with Gasteiger partial charge < -0.3 is 10.5 Å². The van der Waals surface area contributed by atoms with Gasteiger partial charge >= 0.3 is 5.97 Å². The quantitative estimate of drug-likeness (QED) is 0.474. The highest BCUT2D eigenvalue weighted by Gasteiger charge is 2.20. The van der Waals surface area contributed by atoms with Crippen LogP contribution in [-0.2, 0) is 9.53 Å². The van der Waals surface area contributed by atoms with Gasteiger partial charge in [0.2, 0.25) is 0 Å². The molecule has 0 bridgehead atoms. The van der Waals surface area contributed by atoms with Crippen molar-refractivity contribution in [1.82, 2.24) is 0 Å². The Balaban J connectivity index is 3.81. The smallest absolute Gasteiger partial charge is 0.310 e. The average molecular weight is 243 g/mol. The van der Waals surface area contributed by atoms with E-state index in [2.05, 4.69) is 13.8 Å². The van der Waals surface area contributed by atoms with Crippen LogP contribution in [0.4, 0.5) is 0 Å². The van der Waals surface area contributed by atoms with Gasteiger partial charge in [0.05, 0.1) is 12.5 Å². The minimum absolute atomic E-state index is 0.115. The second kappa shape index (κ2) is 10.6. The Bertz CT molecular complexity index is 195. The van der Waals surface area contributed by atoms with Crippen molar-refractivity contribution in [3.63, 3.8) is 0 Å². The lowest BCUT2D eigenvalue weighted by atomic mass is 9.91. The summed E-state index contributed by atoms with van der Waals surface area (Å²) in [7, 11) is 0. The highest BCUT2D eigenvalue weighted by molar-refractivity contribution is 5.72. The summed E-state index contributed by atoms with van der Waals surface area (Å²) in [5, 5.41) is 0. The van der Waals surface area contributed by atoms with Crippen LogP contribution in [0.15, 0.2) is 0 Å². The zero-order valence-electron chi connectivity index (χ0n) is 11.7. The van der Waals surface area contributed by atoms with Crippen LogP contribution in [-0.4, -0.2) is 19.1 Å². The molecule has 3 nitrogen and oxygen atoms in total. The lowest BCUT2D eigenvalue weighted by Crippen LogP contribution is -2.27. The van der Waals surface area contributed by atoms with E-state index in [1.54, 1.807) is 0 Å². The van der Waals surface area contributed by atoms with Gasteiger partial charge in [-0.15, -0.1) is 0 Å². The van der Waals surface area contributed by atoms with Crippen LogP contribution in [0.25, 0.3) is 0 Å². The van der Waals surface area contributed by atoms with E-state index < -0.39 is 0 Å². The molecule has 0 spiro atoms. The number of hydrogen-bond donors (Lipinski definition) is 1. The summed E-state index contributed by atoms with van der Waals surface area (Å²) in [6, 6.07) is 0. The summed E-state index contributed by atoms with van der Waals surface area (Å²) >= 11 is 0. The third kappa shape index (κ3) is 8.19. The van der Waals surface area contributed by atoms with Crippen molar-refractivity contribution in [2.45, 2.75) is 59.3 Å². The fourth-order valence-electron chi connectivity index (χ4n) is 2.07. The van der Waals surface area contributed by atoms with Crippen LogP contribution < -0.4 is 5.73 Å². The molecule has 3 heteroatoms. The van der Waals surface area contributed by atoms with E-state index in [-0.39, 0.29) is 11.9 Å². The van der Waals surface area contributed by atoms with Gasteiger partial charge in [0.1, 0.15) is 0 Å². The Morgan fingerprint density at radius 3 is 2.47 bits per heavy atom. The third-order valence-electron chi connectivity index (χ3n) is 3.14. The number of carbonyl (C=O) groups excluding carboxylic acids is 1. The molecule has 0 aromatic carbocycles. The van der Waals surface area contributed by atoms with E-state index in [1.165, 1.54) is 32.1 Å². The number of ether oxygens (including phenoxy) is 1. The summed E-state index contributed by atoms with van der Waals surface area (Å²) in [5.74, 6) is 0.316. The zero-order chi connectivity index (χ0) is 13.1. The molecular weight excluding hydrogens is 214 g/mol. The van der Waals surface area contributed by atoms with Gasteiger partial charge in [0.15, 0.2) is 0 Å². The van der Waals surface area contributed by atoms with Crippen molar-refractivity contribution < 1.29 is 9.53 Å². The SMILES string of the molecule is CCCCCCC(C)CC(CN)C(=O)OCC. The summed E-state index contributed by atoms with van der Waals surface area (Å²) in [6.07, 6.45) is 7.19. The highest BCUT2D eigenvalue weighted by atomic mass is 16.5. The van der Waals surface area contributed by atoms with Crippen molar-refractivity contribution in [3.05, 3.63) is 0 Å². The summed E-state index contributed by atoms with van der Waals surface area (Å²) in [4.78, 5) is 11.6. The second-order valence-corrected chi connectivity index (χ2v) is 4.87. The van der Waals surface area contributed by atoms with Gasteiger partial charge in [-0.05, 0) is 19.3 Å². The molecule has 0 saturated carbocycles. The molecule has 0 saturated heterocycles. The number of nitrogens with two attached hydrogens (primary N) is 1. The van der Waals surface area contributed by atoms with Gasteiger partial charge in [0, 0.05) is 6.54 Å². The molecule has 17 heavy (non-hydrogen) atoms. The molecule has 2 atom stereocenters. The molecule has 0 heterocycles. The number of hydrogen-bond acceptors (Lipinski definition) is 3. The molecule has 102 valence electrons. The lowest BCUT2D eigenvalue weighted by molar-refractivity contribution is -0.148. The fourth-order valence-corrected chi connectivity index (χ4v) is 2.07. The second-order valence-electron chi connectivity index (χ2n) is 4.87. The molecule has 0 rings (SSSR count). The maximum absolute atomic E-state index is 11.6. The first kappa shape index (κ1) is 16.4. The Labute approximate surface area is 106 Å². The Morgan fingerprint density at radius 1 is 1.24 bits per heavy atom. The molecule has 0 aromatic heterocycles. The van der Waals surface area contributed by atoms with E-state index in [4.69, 9.17) is 10.5 Å². The summed E-state index contributed by atoms with van der Waals surface area (Å²) in [6.45, 7) is 7.10. The maximum Gasteiger partial charge on any atom is 0.310 e. The van der Waals surface area contributed by atoms with E-state index in [1.807, 2.05) is 6.92 Å². The lowest BCUT2D eigenvalue weighted by Gasteiger charge is -2.18. The van der Waals surface area contributed by atoms with Gasteiger partial charge in [-0.25, -0.2) is 0 Å². The Morgan fingerprint density at radius 2 is 1.94 bits per heavy atom. The summed E-state index contributed by atoms with van der Waals surface area (Å²) in [5.41, 5.74) is 5.63. The van der Waals surface area contributed by atoms with Crippen LogP contribution in [0.5, 0.6) is 0 Å². The molecular formula is C14H29NO2. The Kier molecular flexibility index (Phi) is 10.2. The van der Waals surface area contributed by atoms with E-state index in [9.17, 15) is 4.79 Å². The first-order chi connectivity index (χ1) is 8.15. The van der Waals surface area contributed by atoms with E-state index in [0.29, 0.717) is 19.1 Å². The number of rotatable bonds is 10. The summed E-state index contributed by atoms with van der Waals surface area (Å²) < 4.78 is 5.02. The number of esters is 1. The van der Waals surface area contributed by atoms with E-state index in [0.717, 1.165) is 6.42 Å². The van der Waals surface area contributed by atoms with Crippen LogP contribution in [0.1, 0.15) is 59.3 Å². The fraction of sp³-hybridized carbons (Fsp3) is 0.929. The van der Waals surface area contributed by atoms with Crippen molar-refractivity contribution in [2.75, 3.05) is 13.2 Å². The van der Waals surface area contributed by atoms with Crippen molar-refractivity contribution in [3.8, 4) is 0 Å². The molecule has 0 aliphatic rings. The topological polar surface area (TPSA) is 52.3 Å². The van der Waals surface area contributed by atoms with Crippen LogP contribution in [0.3, 0.4) is 0 Å². The molecule has 0 aliphatic heterocycles. The molecule has 2 N–H and O–H groups in total. The molecule has 2 unspecified atom stereocenters. The average Bonchev–Trinajstić information content (AvgIpc) is 2.32. The van der Waals surface area contributed by atoms with Gasteiger partial charge in [0.25, 0.3) is 0 Å². The molecule has 0 amide bonds. The first-order valence-electron chi connectivity index (χ1n) is 7.02. The first-order valence-corrected chi connectivity index (χ1v) is 7.02. The highest BCUT2D eigenvalue weighted by Crippen LogP contribution is 2.19. The van der Waals surface area contributed by atoms with Crippen molar-refractivity contribution in [2.24, 2.45) is 17.6 Å². The zero-order valence-corrected chi connectivity index (χ0v) is 11.7. The van der Waals surface area contributed by atoms with Gasteiger partial charge in [-0.3, -0.25) is 4.79 Å². The van der Waals surface area contributed by atoms with Crippen LogP contribution >= 0.6 is 0 Å². The normalized spacial score (nSPS) is 14.4. The molecule has 0 fully saturated rings. The van der Waals surface area contributed by atoms with E-state index >= 15 is 0 Å². The van der Waals surface area contributed by atoms with Gasteiger partial charge in [-0.2, -0.15) is 0 Å². The molecule has 0 aliphatic carbocycles. The molecule has 0 radical (unpaired) electrons. The van der Waals surface area contributed by atoms with Gasteiger partial charge in [-0.1, -0.05) is 46.0 Å². The van der Waals surface area contributed by atoms with Crippen LogP contribution in [0.2, 0.25) is 0 Å². The minimum Gasteiger partial charge on any atom is -0.466 e. The number of carbonyl (C=O) groups is 1. The minimum atomic E-state index is -0.129. The van der Waals surface area contributed by atoms with Crippen LogP contribution in [0, 0.1) is 11.8 Å². The monoisotopic (exact) mass is 243 g/mol.